The van der Waals surface area contributed by atoms with E-state index in [1.807, 2.05) is 31.2 Å². The first kappa shape index (κ1) is 16.7. The largest absolute Gasteiger partial charge is 0.480 e. The number of hydrogen-bond donors (Lipinski definition) is 1. The molecule has 0 unspecified atom stereocenters. The van der Waals surface area contributed by atoms with Crippen LogP contribution in [0.1, 0.15) is 37.3 Å². The monoisotopic (exact) mass is 323 g/mol. The number of thioether (sulfide) groups is 1. The summed E-state index contributed by atoms with van der Waals surface area (Å²) in [6.45, 7) is 7.29. The van der Waals surface area contributed by atoms with Crippen LogP contribution in [0.2, 0.25) is 0 Å². The summed E-state index contributed by atoms with van der Waals surface area (Å²) in [5, 5.41) is 9.04. The van der Waals surface area contributed by atoms with E-state index < -0.39 is 23.7 Å². The Bertz CT molecular complexity index is 565. The number of carboxylic acids is 1. The van der Waals surface area contributed by atoms with Crippen LogP contribution in [0.3, 0.4) is 0 Å². The van der Waals surface area contributed by atoms with E-state index in [9.17, 15) is 14.7 Å². The lowest BCUT2D eigenvalue weighted by Gasteiger charge is -2.30. The van der Waals surface area contributed by atoms with Gasteiger partial charge in [-0.1, -0.05) is 29.8 Å². The average Bonchev–Trinajstić information content (AvgIpc) is 2.82. The van der Waals surface area contributed by atoms with Gasteiger partial charge in [0.25, 0.3) is 0 Å². The van der Waals surface area contributed by atoms with E-state index in [0.717, 1.165) is 11.1 Å². The molecule has 1 aliphatic rings. The maximum absolute atomic E-state index is 12.5. The molecule has 0 saturated carbocycles. The number of nitrogens with zero attached hydrogens (tertiary/aromatic N) is 1. The zero-order chi connectivity index (χ0) is 16.5. The van der Waals surface area contributed by atoms with Crippen molar-refractivity contribution in [1.29, 1.82) is 0 Å². The summed E-state index contributed by atoms with van der Waals surface area (Å²) in [6, 6.07) is 6.89. The summed E-state index contributed by atoms with van der Waals surface area (Å²) in [4.78, 5) is 25.2. The normalized spacial score (nSPS) is 21.7. The van der Waals surface area contributed by atoms with Crippen LogP contribution in [0.15, 0.2) is 24.3 Å². The summed E-state index contributed by atoms with van der Waals surface area (Å²) in [6.07, 6.45) is -0.588. The second kappa shape index (κ2) is 6.20. The number of carbonyl (C=O) groups excluding carboxylic acids is 1. The van der Waals surface area contributed by atoms with Gasteiger partial charge in [-0.2, -0.15) is 0 Å². The number of benzene rings is 1. The fourth-order valence-electron chi connectivity index (χ4n) is 2.22. The van der Waals surface area contributed by atoms with Crippen molar-refractivity contribution in [3.05, 3.63) is 35.4 Å². The van der Waals surface area contributed by atoms with Crippen molar-refractivity contribution in [3.8, 4) is 0 Å². The van der Waals surface area contributed by atoms with Crippen LogP contribution in [0.25, 0.3) is 0 Å². The molecule has 1 aliphatic heterocycles. The lowest BCUT2D eigenvalue weighted by Crippen LogP contribution is -2.45. The molecule has 0 radical (unpaired) electrons. The summed E-state index contributed by atoms with van der Waals surface area (Å²) in [5.41, 5.74) is 1.36. The number of aryl methyl sites for hydroxylation is 1. The topological polar surface area (TPSA) is 66.8 Å². The number of hydrogen-bond acceptors (Lipinski definition) is 4. The predicted octanol–water partition coefficient (Wildman–Crippen LogP) is 3.43. The van der Waals surface area contributed by atoms with Gasteiger partial charge in [0.15, 0.2) is 0 Å². The van der Waals surface area contributed by atoms with Gasteiger partial charge < -0.3 is 9.84 Å². The van der Waals surface area contributed by atoms with Crippen molar-refractivity contribution in [1.82, 2.24) is 4.90 Å². The van der Waals surface area contributed by atoms with Gasteiger partial charge in [-0.25, -0.2) is 9.59 Å². The molecule has 0 bridgehead atoms. The van der Waals surface area contributed by atoms with Gasteiger partial charge in [0.2, 0.25) is 0 Å². The van der Waals surface area contributed by atoms with E-state index in [1.165, 1.54) is 16.7 Å². The first-order valence-corrected chi connectivity index (χ1v) is 8.16. The van der Waals surface area contributed by atoms with E-state index in [2.05, 4.69) is 0 Å². The quantitative estimate of drug-likeness (QED) is 0.903. The van der Waals surface area contributed by atoms with E-state index in [-0.39, 0.29) is 5.37 Å². The third-order valence-electron chi connectivity index (χ3n) is 3.25. The number of carbonyl (C=O) groups is 2. The third kappa shape index (κ3) is 3.74. The van der Waals surface area contributed by atoms with Crippen LogP contribution in [0, 0.1) is 6.92 Å². The molecule has 1 saturated heterocycles. The van der Waals surface area contributed by atoms with Gasteiger partial charge in [-0.15, -0.1) is 11.8 Å². The molecule has 2 atom stereocenters. The van der Waals surface area contributed by atoms with E-state index >= 15 is 0 Å². The molecule has 1 aromatic rings. The first-order chi connectivity index (χ1) is 10.2. The molecule has 1 aromatic carbocycles. The molecule has 0 spiro atoms. The summed E-state index contributed by atoms with van der Waals surface area (Å²) >= 11 is 1.44. The van der Waals surface area contributed by atoms with E-state index in [1.54, 1.807) is 20.8 Å². The fourth-order valence-corrected chi connectivity index (χ4v) is 3.63. The molecule has 5 nitrogen and oxygen atoms in total. The molecule has 1 heterocycles. The Morgan fingerprint density at radius 2 is 1.86 bits per heavy atom. The van der Waals surface area contributed by atoms with Crippen molar-refractivity contribution in [2.24, 2.45) is 0 Å². The molecule has 1 N–H and O–H groups in total. The van der Waals surface area contributed by atoms with Crippen molar-refractivity contribution < 1.29 is 19.4 Å². The van der Waals surface area contributed by atoms with Crippen LogP contribution in [-0.4, -0.2) is 39.5 Å². The Morgan fingerprint density at radius 1 is 1.27 bits per heavy atom. The highest BCUT2D eigenvalue weighted by Gasteiger charge is 2.44. The van der Waals surface area contributed by atoms with E-state index in [4.69, 9.17) is 4.74 Å². The van der Waals surface area contributed by atoms with Gasteiger partial charge in [-0.3, -0.25) is 4.90 Å². The summed E-state index contributed by atoms with van der Waals surface area (Å²) in [5.74, 6) is -0.652. The Hall–Kier alpha value is -1.69. The van der Waals surface area contributed by atoms with Crippen LogP contribution in [0.5, 0.6) is 0 Å². The Balaban J connectivity index is 2.30. The molecule has 2 rings (SSSR count). The summed E-state index contributed by atoms with van der Waals surface area (Å²) < 4.78 is 5.39. The van der Waals surface area contributed by atoms with Crippen molar-refractivity contribution in [2.75, 3.05) is 5.75 Å². The molecule has 0 aromatic heterocycles. The SMILES string of the molecule is Cc1ccc([C@H]2SC[C@H](C(=O)O)N2C(=O)OC(C)(C)C)cc1. The van der Waals surface area contributed by atoms with Gasteiger partial charge in [0.1, 0.15) is 17.0 Å². The van der Waals surface area contributed by atoms with Gasteiger partial charge in [-0.05, 0) is 33.3 Å². The third-order valence-corrected chi connectivity index (χ3v) is 4.58. The fraction of sp³-hybridized carbons (Fsp3) is 0.500. The Morgan fingerprint density at radius 3 is 2.36 bits per heavy atom. The van der Waals surface area contributed by atoms with Crippen molar-refractivity contribution >= 4 is 23.8 Å². The highest BCUT2D eigenvalue weighted by atomic mass is 32.2. The van der Waals surface area contributed by atoms with Gasteiger partial charge in [0, 0.05) is 5.75 Å². The van der Waals surface area contributed by atoms with Crippen LogP contribution in [-0.2, 0) is 9.53 Å². The van der Waals surface area contributed by atoms with Gasteiger partial charge in [0.05, 0.1) is 0 Å². The molecule has 1 fully saturated rings. The molecule has 120 valence electrons. The summed E-state index contributed by atoms with van der Waals surface area (Å²) in [7, 11) is 0. The molecule has 6 heteroatoms. The van der Waals surface area contributed by atoms with Crippen LogP contribution >= 0.6 is 11.8 Å². The van der Waals surface area contributed by atoms with Crippen LogP contribution in [0.4, 0.5) is 4.79 Å². The lowest BCUT2D eigenvalue weighted by atomic mass is 10.1. The second-order valence-electron chi connectivity index (χ2n) is 6.34. The minimum Gasteiger partial charge on any atom is -0.480 e. The maximum Gasteiger partial charge on any atom is 0.412 e. The average molecular weight is 323 g/mol. The maximum atomic E-state index is 12.5. The molecule has 1 amide bonds. The number of carboxylic acid groups (broad SMARTS) is 1. The Labute approximate surface area is 134 Å². The van der Waals surface area contributed by atoms with E-state index in [0.29, 0.717) is 5.75 Å². The highest BCUT2D eigenvalue weighted by molar-refractivity contribution is 7.99. The number of ether oxygens (including phenoxy) is 1. The Kier molecular flexibility index (Phi) is 4.70. The first-order valence-electron chi connectivity index (χ1n) is 7.11. The lowest BCUT2D eigenvalue weighted by molar-refractivity contribution is -0.142. The smallest absolute Gasteiger partial charge is 0.412 e. The minimum absolute atomic E-state index is 0.337. The number of aliphatic carboxylic acids is 1. The van der Waals surface area contributed by atoms with Crippen molar-refractivity contribution in [3.63, 3.8) is 0 Å². The van der Waals surface area contributed by atoms with Gasteiger partial charge >= 0.3 is 12.1 Å². The molecule has 0 aliphatic carbocycles. The molecule has 22 heavy (non-hydrogen) atoms. The zero-order valence-electron chi connectivity index (χ0n) is 13.2. The zero-order valence-corrected chi connectivity index (χ0v) is 14.0. The molecular weight excluding hydrogens is 302 g/mol. The number of amides is 1. The number of rotatable bonds is 2. The second-order valence-corrected chi connectivity index (χ2v) is 7.45. The highest BCUT2D eigenvalue weighted by Crippen LogP contribution is 2.42. The predicted molar refractivity (Wildman–Crippen MR) is 85.9 cm³/mol. The molecular formula is C16H21NO4S. The minimum atomic E-state index is -1.01. The van der Waals surface area contributed by atoms with Crippen molar-refractivity contribution in [2.45, 2.75) is 44.7 Å². The standard InChI is InChI=1S/C16H21NO4S/c1-10-5-7-11(8-6-10)13-17(12(9-22-13)14(18)19)15(20)21-16(2,3)4/h5-8,12-13H,9H2,1-4H3,(H,18,19)/t12-,13-/m1/s1. The van der Waals surface area contributed by atoms with Crippen LogP contribution < -0.4 is 0 Å².